The van der Waals surface area contributed by atoms with Crippen LogP contribution in [0.4, 0.5) is 13.2 Å². The maximum Gasteiger partial charge on any atom is 0.417 e. The molecule has 0 unspecified atom stereocenters. The number of amides is 1. The second-order valence-electron chi connectivity index (χ2n) is 5.67. The zero-order valence-electron chi connectivity index (χ0n) is 13.7. The molecule has 0 bridgehead atoms. The summed E-state index contributed by atoms with van der Waals surface area (Å²) in [5.74, 6) is -0.0704. The summed E-state index contributed by atoms with van der Waals surface area (Å²) in [6.07, 6.45) is -1.46. The van der Waals surface area contributed by atoms with Gasteiger partial charge in [0, 0.05) is 12.7 Å². The summed E-state index contributed by atoms with van der Waals surface area (Å²) in [6.45, 7) is 6.25. The average Bonchev–Trinajstić information content (AvgIpc) is 2.97. The molecular weight excluding hydrogens is 321 g/mol. The molecule has 24 heavy (non-hydrogen) atoms. The first kappa shape index (κ1) is 18.0. The molecule has 0 atom stereocenters. The van der Waals surface area contributed by atoms with Gasteiger partial charge in [-0.1, -0.05) is 20.8 Å². The normalized spacial score (nSPS) is 11.8. The van der Waals surface area contributed by atoms with Crippen LogP contribution in [-0.4, -0.2) is 27.2 Å². The monoisotopic (exact) mass is 340 g/mol. The summed E-state index contributed by atoms with van der Waals surface area (Å²) in [7, 11) is 0. The number of aromatic nitrogens is 3. The van der Waals surface area contributed by atoms with Gasteiger partial charge in [0.1, 0.15) is 0 Å². The van der Waals surface area contributed by atoms with E-state index in [-0.39, 0.29) is 17.6 Å². The number of nitrogens with one attached hydrogen (secondary N) is 1. The molecule has 0 saturated heterocycles. The van der Waals surface area contributed by atoms with Gasteiger partial charge in [0.25, 0.3) is 5.91 Å². The fraction of sp³-hybridized carbons (Fsp3) is 0.438. The molecule has 0 spiro atoms. The van der Waals surface area contributed by atoms with Crippen LogP contribution < -0.4 is 5.32 Å². The Morgan fingerprint density at radius 3 is 2.50 bits per heavy atom. The molecule has 0 saturated carbocycles. The molecule has 0 radical (unpaired) electrons. The molecule has 0 aliphatic carbocycles. The quantitative estimate of drug-likeness (QED) is 0.905. The molecule has 5 nitrogen and oxygen atoms in total. The van der Waals surface area contributed by atoms with E-state index in [4.69, 9.17) is 0 Å². The summed E-state index contributed by atoms with van der Waals surface area (Å²) in [5.41, 5.74) is 0.182. The largest absolute Gasteiger partial charge is 0.417 e. The maximum atomic E-state index is 12.6. The van der Waals surface area contributed by atoms with Crippen LogP contribution in [0.2, 0.25) is 0 Å². The van der Waals surface area contributed by atoms with Crippen LogP contribution in [0.15, 0.2) is 24.5 Å². The SMILES string of the molecule is CCCNC(=O)c1cnn(-c2ccc(C(F)(F)F)cn2)c1C(C)C. The molecule has 2 aromatic heterocycles. The van der Waals surface area contributed by atoms with Gasteiger partial charge >= 0.3 is 6.18 Å². The number of nitrogens with zero attached hydrogens (tertiary/aromatic N) is 3. The van der Waals surface area contributed by atoms with Crippen molar-refractivity contribution in [2.45, 2.75) is 39.3 Å². The molecule has 8 heteroatoms. The smallest absolute Gasteiger partial charge is 0.352 e. The van der Waals surface area contributed by atoms with E-state index < -0.39 is 11.7 Å². The molecule has 2 heterocycles. The standard InChI is InChI=1S/C16H19F3N4O/c1-4-7-20-15(24)12-9-22-23(14(12)10(2)3)13-6-5-11(8-21-13)16(17,18)19/h5-6,8-10H,4,7H2,1-3H3,(H,20,24). The lowest BCUT2D eigenvalue weighted by Crippen LogP contribution is -2.25. The van der Waals surface area contributed by atoms with Crippen LogP contribution in [0.5, 0.6) is 0 Å². The highest BCUT2D eigenvalue weighted by Crippen LogP contribution is 2.29. The van der Waals surface area contributed by atoms with Crippen LogP contribution in [0.3, 0.4) is 0 Å². The topological polar surface area (TPSA) is 59.8 Å². The summed E-state index contributed by atoms with van der Waals surface area (Å²) in [5, 5.41) is 6.92. The second-order valence-corrected chi connectivity index (χ2v) is 5.67. The molecule has 2 rings (SSSR count). The second kappa shape index (κ2) is 7.02. The minimum absolute atomic E-state index is 0.0565. The Morgan fingerprint density at radius 2 is 2.00 bits per heavy atom. The predicted octanol–water partition coefficient (Wildman–Crippen LogP) is 3.55. The fourth-order valence-electron chi connectivity index (χ4n) is 2.28. The van der Waals surface area contributed by atoms with Crippen molar-refractivity contribution < 1.29 is 18.0 Å². The molecule has 1 amide bonds. The van der Waals surface area contributed by atoms with Crippen LogP contribution in [0.25, 0.3) is 5.82 Å². The van der Waals surface area contributed by atoms with Gasteiger partial charge in [-0.25, -0.2) is 9.67 Å². The number of halogens is 3. The Hall–Kier alpha value is -2.38. The van der Waals surface area contributed by atoms with E-state index in [2.05, 4.69) is 15.4 Å². The third kappa shape index (κ3) is 3.74. The summed E-state index contributed by atoms with van der Waals surface area (Å²) >= 11 is 0. The number of carbonyl (C=O) groups excluding carboxylic acids is 1. The first-order valence-electron chi connectivity index (χ1n) is 7.65. The van der Waals surface area contributed by atoms with Gasteiger partial charge in [0.15, 0.2) is 5.82 Å². The van der Waals surface area contributed by atoms with Crippen molar-refractivity contribution in [3.05, 3.63) is 41.3 Å². The van der Waals surface area contributed by atoms with Gasteiger partial charge in [0.2, 0.25) is 0 Å². The molecule has 2 aromatic rings. The van der Waals surface area contributed by atoms with Crippen molar-refractivity contribution in [3.8, 4) is 5.82 Å². The molecule has 130 valence electrons. The van der Waals surface area contributed by atoms with Crippen molar-refractivity contribution in [1.29, 1.82) is 0 Å². The lowest BCUT2D eigenvalue weighted by atomic mass is 10.1. The minimum Gasteiger partial charge on any atom is -0.352 e. The van der Waals surface area contributed by atoms with Crippen molar-refractivity contribution in [2.24, 2.45) is 0 Å². The van der Waals surface area contributed by atoms with Gasteiger partial charge in [-0.3, -0.25) is 4.79 Å². The van der Waals surface area contributed by atoms with Crippen LogP contribution in [-0.2, 0) is 6.18 Å². The van der Waals surface area contributed by atoms with Crippen molar-refractivity contribution in [1.82, 2.24) is 20.1 Å². The van der Waals surface area contributed by atoms with E-state index in [1.54, 1.807) is 0 Å². The van der Waals surface area contributed by atoms with Gasteiger partial charge < -0.3 is 5.32 Å². The Kier molecular flexibility index (Phi) is 5.26. The molecule has 0 aromatic carbocycles. The summed E-state index contributed by atoms with van der Waals surface area (Å²) in [4.78, 5) is 16.1. The van der Waals surface area contributed by atoms with E-state index in [0.717, 1.165) is 18.7 Å². The zero-order chi connectivity index (χ0) is 17.9. The number of hydrogen-bond acceptors (Lipinski definition) is 3. The van der Waals surface area contributed by atoms with E-state index in [9.17, 15) is 18.0 Å². The highest BCUT2D eigenvalue weighted by Gasteiger charge is 2.31. The summed E-state index contributed by atoms with van der Waals surface area (Å²) < 4.78 is 39.3. The number of alkyl halides is 3. The van der Waals surface area contributed by atoms with Gasteiger partial charge in [-0.2, -0.15) is 18.3 Å². The van der Waals surface area contributed by atoms with E-state index in [0.29, 0.717) is 17.8 Å². The van der Waals surface area contributed by atoms with E-state index in [1.165, 1.54) is 16.9 Å². The molecule has 0 aliphatic rings. The Morgan fingerprint density at radius 1 is 1.29 bits per heavy atom. The maximum absolute atomic E-state index is 12.6. The number of rotatable bonds is 5. The lowest BCUT2D eigenvalue weighted by Gasteiger charge is -2.13. The average molecular weight is 340 g/mol. The van der Waals surface area contributed by atoms with Gasteiger partial charge in [-0.15, -0.1) is 0 Å². The Bertz CT molecular complexity index is 705. The Labute approximate surface area is 137 Å². The van der Waals surface area contributed by atoms with Crippen molar-refractivity contribution >= 4 is 5.91 Å². The summed E-state index contributed by atoms with van der Waals surface area (Å²) in [6, 6.07) is 2.19. The highest BCUT2D eigenvalue weighted by molar-refractivity contribution is 5.95. The van der Waals surface area contributed by atoms with Crippen LogP contribution in [0.1, 0.15) is 54.7 Å². The van der Waals surface area contributed by atoms with Crippen LogP contribution in [0, 0.1) is 0 Å². The molecular formula is C16H19F3N4O. The van der Waals surface area contributed by atoms with Gasteiger partial charge in [0.05, 0.1) is 23.0 Å². The third-order valence-electron chi connectivity index (χ3n) is 3.43. The molecule has 1 N–H and O–H groups in total. The zero-order valence-corrected chi connectivity index (χ0v) is 13.7. The van der Waals surface area contributed by atoms with Crippen LogP contribution >= 0.6 is 0 Å². The Balaban J connectivity index is 2.40. The van der Waals surface area contributed by atoms with Crippen molar-refractivity contribution in [3.63, 3.8) is 0 Å². The predicted molar refractivity (Wildman–Crippen MR) is 83.1 cm³/mol. The van der Waals surface area contributed by atoms with E-state index >= 15 is 0 Å². The molecule has 0 aliphatic heterocycles. The van der Waals surface area contributed by atoms with E-state index in [1.807, 2.05) is 20.8 Å². The first-order chi connectivity index (χ1) is 11.3. The third-order valence-corrected chi connectivity index (χ3v) is 3.43. The molecule has 0 fully saturated rings. The highest BCUT2D eigenvalue weighted by atomic mass is 19.4. The minimum atomic E-state index is -4.44. The number of hydrogen-bond donors (Lipinski definition) is 1. The van der Waals surface area contributed by atoms with Crippen molar-refractivity contribution in [2.75, 3.05) is 6.54 Å². The lowest BCUT2D eigenvalue weighted by molar-refractivity contribution is -0.137. The first-order valence-corrected chi connectivity index (χ1v) is 7.65. The van der Waals surface area contributed by atoms with Gasteiger partial charge in [-0.05, 0) is 24.5 Å². The number of pyridine rings is 1. The fourth-order valence-corrected chi connectivity index (χ4v) is 2.28. The number of carbonyl (C=O) groups is 1.